The molecule has 1 saturated heterocycles. The van der Waals surface area contributed by atoms with E-state index in [0.29, 0.717) is 0 Å². The molecule has 2 aromatic rings. The molecule has 0 radical (unpaired) electrons. The Morgan fingerprint density at radius 3 is 3.22 bits per heavy atom. The first-order valence-electron chi connectivity index (χ1n) is 9.12. The van der Waals surface area contributed by atoms with Gasteiger partial charge in [0.1, 0.15) is 11.4 Å². The van der Waals surface area contributed by atoms with E-state index in [1.54, 1.807) is 18.4 Å². The monoisotopic (exact) mass is 405 g/mol. The van der Waals surface area contributed by atoms with E-state index in [-0.39, 0.29) is 11.6 Å². The third-order valence-corrected chi connectivity index (χ3v) is 6.77. The Bertz CT molecular complexity index is 854. The summed E-state index contributed by atoms with van der Waals surface area (Å²) in [4.78, 5) is 1.28. The third kappa shape index (κ3) is 3.80. The Hall–Kier alpha value is -1.73. The van der Waals surface area contributed by atoms with Crippen LogP contribution >= 0.6 is 22.9 Å². The molecule has 4 N–H and O–H groups in total. The lowest BCUT2D eigenvalue weighted by Gasteiger charge is -2.43. The van der Waals surface area contributed by atoms with Crippen molar-refractivity contribution >= 4 is 28.6 Å². The summed E-state index contributed by atoms with van der Waals surface area (Å²) in [7, 11) is 1.66. The number of ether oxygens (including phenoxy) is 2. The van der Waals surface area contributed by atoms with Gasteiger partial charge in [0.05, 0.1) is 24.1 Å². The van der Waals surface area contributed by atoms with Gasteiger partial charge in [-0.2, -0.15) is 0 Å². The van der Waals surface area contributed by atoms with Gasteiger partial charge >= 0.3 is 0 Å². The minimum absolute atomic E-state index is 0.0451. The van der Waals surface area contributed by atoms with Crippen LogP contribution in [0.5, 0.6) is 5.75 Å². The molecule has 5 nitrogen and oxygen atoms in total. The molecule has 0 aliphatic carbocycles. The summed E-state index contributed by atoms with van der Waals surface area (Å²) in [5.41, 5.74) is 9.15. The van der Waals surface area contributed by atoms with Crippen LogP contribution in [0, 0.1) is 0 Å². The molecular formula is C20H24ClN3O2S. The van der Waals surface area contributed by atoms with Crippen LogP contribution in [-0.2, 0) is 16.8 Å². The molecule has 27 heavy (non-hydrogen) atoms. The number of hydrogen-bond donors (Lipinski definition) is 3. The molecule has 1 unspecified atom stereocenters. The van der Waals surface area contributed by atoms with Crippen molar-refractivity contribution in [3.05, 3.63) is 57.0 Å². The summed E-state index contributed by atoms with van der Waals surface area (Å²) in [6, 6.07) is 9.90. The molecule has 1 spiro atoms. The number of anilines is 1. The van der Waals surface area contributed by atoms with Crippen LogP contribution in [0.1, 0.15) is 23.3 Å². The average Bonchev–Trinajstić information content (AvgIpc) is 3.08. The highest BCUT2D eigenvalue weighted by atomic mass is 35.5. The lowest BCUT2D eigenvalue weighted by molar-refractivity contribution is -0.0836. The maximum absolute atomic E-state index is 6.41. The molecule has 7 heteroatoms. The fourth-order valence-corrected chi connectivity index (χ4v) is 5.38. The largest absolute Gasteiger partial charge is 0.497 e. The molecule has 0 saturated carbocycles. The van der Waals surface area contributed by atoms with Gasteiger partial charge in [0.15, 0.2) is 0 Å². The van der Waals surface area contributed by atoms with E-state index in [2.05, 4.69) is 16.7 Å². The molecular weight excluding hydrogens is 382 g/mol. The smallest absolute Gasteiger partial charge is 0.120 e. The molecule has 3 heterocycles. The fourth-order valence-electron chi connectivity index (χ4n) is 3.89. The number of methoxy groups -OCH3 is 1. The van der Waals surface area contributed by atoms with Crippen LogP contribution in [0.15, 0.2) is 42.2 Å². The Labute approximate surface area is 168 Å². The Kier molecular flexibility index (Phi) is 5.32. The van der Waals surface area contributed by atoms with E-state index >= 15 is 0 Å². The van der Waals surface area contributed by atoms with Gasteiger partial charge in [0, 0.05) is 34.9 Å². The van der Waals surface area contributed by atoms with Crippen LogP contribution in [0.25, 0.3) is 0 Å². The van der Waals surface area contributed by atoms with Gasteiger partial charge in [0.2, 0.25) is 0 Å². The Morgan fingerprint density at radius 1 is 1.48 bits per heavy atom. The van der Waals surface area contributed by atoms with Gasteiger partial charge in [0.25, 0.3) is 0 Å². The second-order valence-corrected chi connectivity index (χ2v) is 8.66. The van der Waals surface area contributed by atoms with Crippen molar-refractivity contribution in [2.75, 3.05) is 25.6 Å². The van der Waals surface area contributed by atoms with E-state index in [9.17, 15) is 0 Å². The zero-order chi connectivity index (χ0) is 18.9. The maximum atomic E-state index is 6.41. The summed E-state index contributed by atoms with van der Waals surface area (Å²) in [6.45, 7) is 1.59. The van der Waals surface area contributed by atoms with Crippen LogP contribution in [-0.4, -0.2) is 26.3 Å². The Morgan fingerprint density at radius 2 is 2.37 bits per heavy atom. The predicted molar refractivity (Wildman–Crippen MR) is 111 cm³/mol. The number of halogens is 1. The standard InChI is InChI=1S/C20H24ClN3O2S/c1-25-15-4-2-3-14(10-15)24-12-16(22)17-11-20(6-7-23-17)19-13(5-8-26-20)9-18(21)27-19/h2-4,9-10,12,17,23-24H,5-8,11,22H2,1H3/b16-12-/t17-,20?/m0/s1. The molecule has 1 aromatic heterocycles. The first-order chi connectivity index (χ1) is 13.1. The second-order valence-electron chi connectivity index (χ2n) is 6.98. The molecule has 0 bridgehead atoms. The number of benzene rings is 1. The number of thiophene rings is 1. The van der Waals surface area contributed by atoms with E-state index < -0.39 is 0 Å². The van der Waals surface area contributed by atoms with Gasteiger partial charge in [-0.15, -0.1) is 11.3 Å². The number of nitrogens with two attached hydrogens (primary N) is 1. The van der Waals surface area contributed by atoms with Crippen molar-refractivity contribution < 1.29 is 9.47 Å². The topological polar surface area (TPSA) is 68.5 Å². The molecule has 2 aliphatic rings. The zero-order valence-electron chi connectivity index (χ0n) is 15.3. The first kappa shape index (κ1) is 18.6. The van der Waals surface area contributed by atoms with E-state index in [1.807, 2.05) is 30.5 Å². The number of rotatable bonds is 4. The van der Waals surface area contributed by atoms with Crippen LogP contribution < -0.4 is 21.1 Å². The van der Waals surface area contributed by atoms with Crippen molar-refractivity contribution in [1.29, 1.82) is 0 Å². The number of piperidine rings is 1. The summed E-state index contributed by atoms with van der Waals surface area (Å²) in [6.07, 6.45) is 4.53. The van der Waals surface area contributed by atoms with Crippen LogP contribution in [0.3, 0.4) is 0 Å². The molecule has 0 amide bonds. The van der Waals surface area contributed by atoms with Gasteiger partial charge in [-0.3, -0.25) is 0 Å². The van der Waals surface area contributed by atoms with Crippen molar-refractivity contribution in [3.8, 4) is 5.75 Å². The number of hydrogen-bond acceptors (Lipinski definition) is 6. The number of nitrogens with one attached hydrogen (secondary N) is 2. The van der Waals surface area contributed by atoms with Gasteiger partial charge < -0.3 is 25.8 Å². The first-order valence-corrected chi connectivity index (χ1v) is 10.3. The van der Waals surface area contributed by atoms with Crippen LogP contribution in [0.2, 0.25) is 4.34 Å². The van der Waals surface area contributed by atoms with Crippen molar-refractivity contribution in [2.45, 2.75) is 30.9 Å². The highest BCUT2D eigenvalue weighted by Crippen LogP contribution is 2.46. The highest BCUT2D eigenvalue weighted by molar-refractivity contribution is 7.16. The summed E-state index contributed by atoms with van der Waals surface area (Å²) in [5, 5.41) is 6.79. The van der Waals surface area contributed by atoms with Crippen LogP contribution in [0.4, 0.5) is 5.69 Å². The maximum Gasteiger partial charge on any atom is 0.120 e. The molecule has 2 aliphatic heterocycles. The molecule has 4 rings (SSSR count). The third-order valence-electron chi connectivity index (χ3n) is 5.27. The van der Waals surface area contributed by atoms with Crippen molar-refractivity contribution in [3.63, 3.8) is 0 Å². The molecule has 1 fully saturated rings. The lowest BCUT2D eigenvalue weighted by atomic mass is 9.82. The van der Waals surface area contributed by atoms with Crippen molar-refractivity contribution in [2.24, 2.45) is 5.73 Å². The number of fused-ring (bicyclic) bond motifs is 2. The normalized spacial score (nSPS) is 25.3. The molecule has 1 aromatic carbocycles. The average molecular weight is 406 g/mol. The highest BCUT2D eigenvalue weighted by Gasteiger charge is 2.44. The molecule has 144 valence electrons. The van der Waals surface area contributed by atoms with E-state index in [1.165, 1.54) is 10.4 Å². The Balaban J connectivity index is 1.51. The summed E-state index contributed by atoms with van der Waals surface area (Å²) >= 11 is 7.93. The van der Waals surface area contributed by atoms with Crippen molar-refractivity contribution in [1.82, 2.24) is 5.32 Å². The van der Waals surface area contributed by atoms with Gasteiger partial charge in [-0.05, 0) is 43.1 Å². The summed E-state index contributed by atoms with van der Waals surface area (Å²) < 4.78 is 12.4. The fraction of sp³-hybridized carbons (Fsp3) is 0.400. The van der Waals surface area contributed by atoms with Gasteiger partial charge in [-0.25, -0.2) is 0 Å². The van der Waals surface area contributed by atoms with E-state index in [0.717, 1.165) is 53.9 Å². The second kappa shape index (κ2) is 7.72. The summed E-state index contributed by atoms with van der Waals surface area (Å²) in [5.74, 6) is 0.805. The minimum atomic E-state index is -0.282. The lowest BCUT2D eigenvalue weighted by Crippen LogP contribution is -2.51. The quantitative estimate of drug-likeness (QED) is 0.721. The zero-order valence-corrected chi connectivity index (χ0v) is 16.8. The molecule has 2 atom stereocenters. The SMILES string of the molecule is COc1cccc(N/C=C(\N)[C@@H]2CC3(CCN2)OCCc2cc(Cl)sc23)c1. The minimum Gasteiger partial charge on any atom is -0.497 e. The van der Waals surface area contributed by atoms with E-state index in [4.69, 9.17) is 26.8 Å². The van der Waals surface area contributed by atoms with Gasteiger partial charge in [-0.1, -0.05) is 17.7 Å². The predicted octanol–water partition coefficient (Wildman–Crippen LogP) is 3.84.